The molecule has 0 aromatic heterocycles. The van der Waals surface area contributed by atoms with Crippen molar-refractivity contribution < 1.29 is 20.1 Å². The molecule has 0 heterocycles. The Balaban J connectivity index is 3.62. The Hall–Kier alpha value is -0.910. The molecule has 3 unspecified atom stereocenters. The van der Waals surface area contributed by atoms with Gasteiger partial charge in [-0.15, -0.1) is 0 Å². The SMILES string of the molecule is CCCCCCCCC/C=C\CCCCCCC(O)C(=O)NC(CO)C(O)CCCCCCCCCCCCCCCCCCCCC. The number of hydrogen-bond donors (Lipinski definition) is 4. The van der Waals surface area contributed by atoms with Gasteiger partial charge < -0.3 is 20.6 Å². The topological polar surface area (TPSA) is 89.8 Å². The number of unbranched alkanes of at least 4 members (excludes halogenated alkanes) is 29. The van der Waals surface area contributed by atoms with E-state index in [1.807, 2.05) is 0 Å². The molecular formula is C43H85NO4. The molecule has 0 aromatic carbocycles. The lowest BCUT2D eigenvalue weighted by Crippen LogP contribution is -2.49. The van der Waals surface area contributed by atoms with E-state index in [-0.39, 0.29) is 6.61 Å². The third kappa shape index (κ3) is 33.6. The third-order valence-corrected chi connectivity index (χ3v) is 10.1. The minimum Gasteiger partial charge on any atom is -0.394 e. The van der Waals surface area contributed by atoms with Crippen LogP contribution >= 0.6 is 0 Å². The van der Waals surface area contributed by atoms with Crippen LogP contribution in [0.15, 0.2) is 12.2 Å². The summed E-state index contributed by atoms with van der Waals surface area (Å²) < 4.78 is 0. The van der Waals surface area contributed by atoms with Crippen LogP contribution < -0.4 is 5.32 Å². The van der Waals surface area contributed by atoms with Gasteiger partial charge in [-0.1, -0.05) is 206 Å². The minimum atomic E-state index is -1.08. The number of amides is 1. The fourth-order valence-corrected chi connectivity index (χ4v) is 6.72. The van der Waals surface area contributed by atoms with Crippen molar-refractivity contribution in [2.24, 2.45) is 0 Å². The van der Waals surface area contributed by atoms with Crippen LogP contribution in [0.25, 0.3) is 0 Å². The van der Waals surface area contributed by atoms with E-state index in [1.165, 1.54) is 161 Å². The molecule has 0 aromatic rings. The molecule has 0 aliphatic heterocycles. The molecule has 0 fully saturated rings. The summed E-state index contributed by atoms with van der Waals surface area (Å²) in [5.41, 5.74) is 0. The minimum absolute atomic E-state index is 0.314. The van der Waals surface area contributed by atoms with Crippen LogP contribution in [0.1, 0.15) is 232 Å². The number of hydrogen-bond acceptors (Lipinski definition) is 4. The van der Waals surface area contributed by atoms with Gasteiger partial charge >= 0.3 is 0 Å². The van der Waals surface area contributed by atoms with Crippen LogP contribution in [0, 0.1) is 0 Å². The molecule has 0 saturated carbocycles. The van der Waals surface area contributed by atoms with E-state index in [1.54, 1.807) is 0 Å². The Labute approximate surface area is 299 Å². The molecule has 0 saturated heterocycles. The van der Waals surface area contributed by atoms with Crippen molar-refractivity contribution in [3.05, 3.63) is 12.2 Å². The lowest BCUT2D eigenvalue weighted by Gasteiger charge is -2.23. The second kappa shape index (κ2) is 38.9. The van der Waals surface area contributed by atoms with Gasteiger partial charge in [0.25, 0.3) is 0 Å². The number of carbonyl (C=O) groups is 1. The fraction of sp³-hybridized carbons (Fsp3) is 0.930. The highest BCUT2D eigenvalue weighted by molar-refractivity contribution is 5.80. The number of rotatable bonds is 39. The number of aliphatic hydroxyl groups is 3. The summed E-state index contributed by atoms with van der Waals surface area (Å²) in [7, 11) is 0. The molecule has 5 heteroatoms. The summed E-state index contributed by atoms with van der Waals surface area (Å²) in [6.45, 7) is 4.23. The first-order valence-corrected chi connectivity index (χ1v) is 21.5. The second-order valence-corrected chi connectivity index (χ2v) is 14.9. The van der Waals surface area contributed by atoms with Gasteiger partial charge in [0.15, 0.2) is 0 Å². The van der Waals surface area contributed by atoms with Crippen LogP contribution in [-0.2, 0) is 4.79 Å². The summed E-state index contributed by atoms with van der Waals surface area (Å²) in [4.78, 5) is 12.5. The van der Waals surface area contributed by atoms with Crippen LogP contribution in [0.5, 0.6) is 0 Å². The molecule has 4 N–H and O–H groups in total. The first-order valence-electron chi connectivity index (χ1n) is 21.5. The molecule has 5 nitrogen and oxygen atoms in total. The number of allylic oxidation sites excluding steroid dienone is 2. The Morgan fingerprint density at radius 1 is 0.479 bits per heavy atom. The summed E-state index contributed by atoms with van der Waals surface area (Å²) in [5, 5.41) is 33.3. The zero-order valence-electron chi connectivity index (χ0n) is 32.4. The van der Waals surface area contributed by atoms with Crippen molar-refractivity contribution >= 4 is 5.91 Å². The van der Waals surface area contributed by atoms with E-state index in [4.69, 9.17) is 0 Å². The molecule has 0 aliphatic rings. The maximum Gasteiger partial charge on any atom is 0.249 e. The van der Waals surface area contributed by atoms with Crippen molar-refractivity contribution in [2.45, 2.75) is 250 Å². The zero-order chi connectivity index (χ0) is 35.2. The van der Waals surface area contributed by atoms with E-state index in [0.29, 0.717) is 12.8 Å². The Morgan fingerprint density at radius 3 is 1.15 bits per heavy atom. The van der Waals surface area contributed by atoms with Crippen molar-refractivity contribution in [3.63, 3.8) is 0 Å². The molecule has 0 radical (unpaired) electrons. The van der Waals surface area contributed by atoms with E-state index >= 15 is 0 Å². The molecule has 0 rings (SSSR count). The lowest BCUT2D eigenvalue weighted by molar-refractivity contribution is -0.131. The zero-order valence-corrected chi connectivity index (χ0v) is 32.4. The van der Waals surface area contributed by atoms with Crippen LogP contribution in [0.2, 0.25) is 0 Å². The van der Waals surface area contributed by atoms with Gasteiger partial charge in [0, 0.05) is 0 Å². The van der Waals surface area contributed by atoms with Crippen LogP contribution in [-0.4, -0.2) is 46.1 Å². The summed E-state index contributed by atoms with van der Waals surface area (Å²) >= 11 is 0. The number of aliphatic hydroxyl groups excluding tert-OH is 3. The number of carbonyl (C=O) groups excluding carboxylic acids is 1. The van der Waals surface area contributed by atoms with Gasteiger partial charge in [0.05, 0.1) is 18.8 Å². The van der Waals surface area contributed by atoms with Gasteiger partial charge in [-0.25, -0.2) is 0 Å². The van der Waals surface area contributed by atoms with E-state index < -0.39 is 24.2 Å². The van der Waals surface area contributed by atoms with Crippen molar-refractivity contribution in [1.29, 1.82) is 0 Å². The molecule has 1 amide bonds. The lowest BCUT2D eigenvalue weighted by atomic mass is 10.0. The van der Waals surface area contributed by atoms with Crippen LogP contribution in [0.4, 0.5) is 0 Å². The molecular weight excluding hydrogens is 594 g/mol. The van der Waals surface area contributed by atoms with Crippen molar-refractivity contribution in [1.82, 2.24) is 5.32 Å². The first kappa shape index (κ1) is 47.1. The van der Waals surface area contributed by atoms with Crippen molar-refractivity contribution in [3.8, 4) is 0 Å². The van der Waals surface area contributed by atoms with Gasteiger partial charge in [0.2, 0.25) is 5.91 Å². The van der Waals surface area contributed by atoms with Crippen molar-refractivity contribution in [2.75, 3.05) is 6.61 Å². The molecule has 0 aliphatic carbocycles. The predicted molar refractivity (Wildman–Crippen MR) is 208 cm³/mol. The Morgan fingerprint density at radius 2 is 0.792 bits per heavy atom. The summed E-state index contributed by atoms with van der Waals surface area (Å²) in [6, 6.07) is -0.712. The fourth-order valence-electron chi connectivity index (χ4n) is 6.72. The Bertz CT molecular complexity index is 669. The van der Waals surface area contributed by atoms with E-state index in [9.17, 15) is 20.1 Å². The molecule has 48 heavy (non-hydrogen) atoms. The highest BCUT2D eigenvalue weighted by Crippen LogP contribution is 2.16. The molecule has 0 spiro atoms. The first-order chi connectivity index (χ1) is 23.6. The maximum absolute atomic E-state index is 12.5. The monoisotopic (exact) mass is 680 g/mol. The second-order valence-electron chi connectivity index (χ2n) is 14.9. The summed E-state index contributed by atoms with van der Waals surface area (Å²) in [6.07, 6.45) is 44.9. The molecule has 286 valence electrons. The largest absolute Gasteiger partial charge is 0.394 e. The highest BCUT2D eigenvalue weighted by atomic mass is 16.3. The van der Waals surface area contributed by atoms with E-state index in [2.05, 4.69) is 31.3 Å². The maximum atomic E-state index is 12.5. The average molecular weight is 680 g/mol. The van der Waals surface area contributed by atoms with Gasteiger partial charge in [0.1, 0.15) is 6.10 Å². The van der Waals surface area contributed by atoms with Crippen LogP contribution in [0.3, 0.4) is 0 Å². The Kier molecular flexibility index (Phi) is 38.1. The highest BCUT2D eigenvalue weighted by Gasteiger charge is 2.23. The third-order valence-electron chi connectivity index (χ3n) is 10.1. The molecule has 3 atom stereocenters. The van der Waals surface area contributed by atoms with E-state index in [0.717, 1.165) is 44.9 Å². The van der Waals surface area contributed by atoms with Gasteiger partial charge in [-0.2, -0.15) is 0 Å². The standard InChI is InChI=1S/C43H85NO4/c1-3-5-7-9-11-13-15-17-19-20-21-22-24-25-27-29-31-33-35-37-41(46)40(39-45)44-43(48)42(47)38-36-34-32-30-28-26-23-18-16-14-12-10-8-6-4-2/h23,26,40-42,45-47H,3-22,24-25,27-39H2,1-2H3,(H,44,48)/b26-23-. The molecule has 0 bridgehead atoms. The number of nitrogens with one attached hydrogen (secondary N) is 1. The summed E-state index contributed by atoms with van der Waals surface area (Å²) in [5.74, 6) is -0.477. The van der Waals surface area contributed by atoms with Gasteiger partial charge in [-0.3, -0.25) is 4.79 Å². The van der Waals surface area contributed by atoms with Gasteiger partial charge in [-0.05, 0) is 38.5 Å². The smallest absolute Gasteiger partial charge is 0.249 e. The average Bonchev–Trinajstić information content (AvgIpc) is 3.09. The normalized spacial score (nSPS) is 13.7. The predicted octanol–water partition coefficient (Wildman–Crippen LogP) is 12.0. The quantitative estimate of drug-likeness (QED) is 0.0384.